The molecule has 1 aliphatic rings. The minimum atomic E-state index is 1.10. The zero-order valence-electron chi connectivity index (χ0n) is 7.27. The summed E-state index contributed by atoms with van der Waals surface area (Å²) in [6, 6.07) is 0. The van der Waals surface area contributed by atoms with Crippen LogP contribution in [-0.2, 0) is 0 Å². The minimum absolute atomic E-state index is 1.10. The van der Waals surface area contributed by atoms with Crippen LogP contribution in [0.4, 0.5) is 0 Å². The lowest BCUT2D eigenvalue weighted by atomic mass is 9.82. The molecule has 1 saturated carbocycles. The normalized spacial score (nSPS) is 19.5. The van der Waals surface area contributed by atoms with E-state index in [1.807, 2.05) is 0 Å². The van der Waals surface area contributed by atoms with Crippen molar-refractivity contribution in [2.75, 3.05) is 20.6 Å². The molecule has 1 rings (SSSR count). The smallest absolute Gasteiger partial charge is 0.00247 e. The number of hydrogen-bond donors (Lipinski definition) is 0. The molecule has 0 aromatic carbocycles. The topological polar surface area (TPSA) is 3.24 Å². The number of nitrogens with zero attached hydrogens (tertiary/aromatic N) is 1. The summed E-state index contributed by atoms with van der Waals surface area (Å²) in [6.45, 7) is 1.27. The summed E-state index contributed by atoms with van der Waals surface area (Å²) in [5.41, 5.74) is 0. The molecule has 0 aromatic rings. The minimum Gasteiger partial charge on any atom is -0.309 e. The average Bonchev–Trinajstić information content (AvgIpc) is 1.75. The van der Waals surface area contributed by atoms with Crippen molar-refractivity contribution in [1.29, 1.82) is 0 Å². The Bertz CT molecular complexity index is 84.7. The van der Waals surface area contributed by atoms with Crippen molar-refractivity contribution in [1.82, 2.24) is 4.90 Å². The maximum atomic E-state index is 2.28. The van der Waals surface area contributed by atoms with E-state index in [9.17, 15) is 0 Å². The van der Waals surface area contributed by atoms with Gasteiger partial charge in [-0.2, -0.15) is 0 Å². The largest absolute Gasteiger partial charge is 0.309 e. The highest BCUT2D eigenvalue weighted by atomic mass is 15.0. The van der Waals surface area contributed by atoms with Crippen LogP contribution in [0.25, 0.3) is 0 Å². The second-order valence-electron chi connectivity index (χ2n) is 3.74. The van der Waals surface area contributed by atoms with Gasteiger partial charge in [-0.25, -0.2) is 0 Å². The van der Waals surface area contributed by atoms with Crippen LogP contribution in [0.1, 0.15) is 32.1 Å². The van der Waals surface area contributed by atoms with Crippen molar-refractivity contribution in [2.24, 2.45) is 5.92 Å². The molecule has 1 aliphatic carbocycles. The van der Waals surface area contributed by atoms with Crippen LogP contribution in [0.15, 0.2) is 0 Å². The predicted octanol–water partition coefficient (Wildman–Crippen LogP) is 2.13. The second kappa shape index (κ2) is 3.97. The highest BCUT2D eigenvalue weighted by Gasteiger charge is 2.16. The SMILES string of the molecule is CN(C)CCCC1CCC1. The first-order valence-corrected chi connectivity index (χ1v) is 4.44. The average molecular weight is 141 g/mol. The zero-order chi connectivity index (χ0) is 7.40. The molecule has 0 aliphatic heterocycles. The molecular weight excluding hydrogens is 122 g/mol. The molecule has 0 amide bonds. The molecule has 0 heterocycles. The molecule has 1 nitrogen and oxygen atoms in total. The van der Waals surface area contributed by atoms with Gasteiger partial charge in [0.25, 0.3) is 0 Å². The standard InChI is InChI=1S/C9H19N/c1-10(2)8-4-7-9-5-3-6-9/h9H,3-8H2,1-2H3. The van der Waals surface area contributed by atoms with Gasteiger partial charge in [0.1, 0.15) is 0 Å². The van der Waals surface area contributed by atoms with Crippen LogP contribution < -0.4 is 0 Å². The Hall–Kier alpha value is -0.0400. The van der Waals surface area contributed by atoms with E-state index in [1.165, 1.54) is 38.6 Å². The molecule has 60 valence electrons. The summed E-state index contributed by atoms with van der Waals surface area (Å²) in [5, 5.41) is 0. The van der Waals surface area contributed by atoms with Crippen molar-refractivity contribution in [3.63, 3.8) is 0 Å². The third-order valence-electron chi connectivity index (χ3n) is 2.44. The summed E-state index contributed by atoms with van der Waals surface area (Å²) in [6.07, 6.45) is 7.38. The molecule has 0 spiro atoms. The van der Waals surface area contributed by atoms with Crippen molar-refractivity contribution in [3.8, 4) is 0 Å². The first-order chi connectivity index (χ1) is 4.79. The van der Waals surface area contributed by atoms with Crippen molar-refractivity contribution >= 4 is 0 Å². The van der Waals surface area contributed by atoms with Gasteiger partial charge < -0.3 is 4.90 Å². The Labute approximate surface area is 64.4 Å². The van der Waals surface area contributed by atoms with Crippen molar-refractivity contribution in [2.45, 2.75) is 32.1 Å². The summed E-state index contributed by atoms with van der Waals surface area (Å²) >= 11 is 0. The maximum Gasteiger partial charge on any atom is -0.00247 e. The Balaban J connectivity index is 1.85. The fourth-order valence-corrected chi connectivity index (χ4v) is 1.48. The Morgan fingerprint density at radius 2 is 2.00 bits per heavy atom. The summed E-state index contributed by atoms with van der Waals surface area (Å²) in [7, 11) is 4.31. The molecule has 0 bridgehead atoms. The fourth-order valence-electron chi connectivity index (χ4n) is 1.48. The quantitative estimate of drug-likeness (QED) is 0.579. The van der Waals surface area contributed by atoms with Gasteiger partial charge in [-0.3, -0.25) is 0 Å². The lowest BCUT2D eigenvalue weighted by molar-refractivity contribution is 0.272. The van der Waals surface area contributed by atoms with Crippen LogP contribution in [0.5, 0.6) is 0 Å². The fraction of sp³-hybridized carbons (Fsp3) is 1.00. The van der Waals surface area contributed by atoms with Crippen LogP contribution in [0, 0.1) is 5.92 Å². The van der Waals surface area contributed by atoms with Gasteiger partial charge in [-0.1, -0.05) is 19.3 Å². The van der Waals surface area contributed by atoms with E-state index in [1.54, 1.807) is 0 Å². The van der Waals surface area contributed by atoms with Gasteiger partial charge in [-0.05, 0) is 39.4 Å². The summed E-state index contributed by atoms with van der Waals surface area (Å²) < 4.78 is 0. The van der Waals surface area contributed by atoms with Gasteiger partial charge in [0.2, 0.25) is 0 Å². The Morgan fingerprint density at radius 3 is 2.40 bits per heavy atom. The molecule has 1 fully saturated rings. The molecule has 0 aromatic heterocycles. The van der Waals surface area contributed by atoms with E-state index >= 15 is 0 Å². The van der Waals surface area contributed by atoms with Gasteiger partial charge >= 0.3 is 0 Å². The molecule has 0 atom stereocenters. The van der Waals surface area contributed by atoms with Crippen LogP contribution in [0.2, 0.25) is 0 Å². The van der Waals surface area contributed by atoms with Gasteiger partial charge in [-0.15, -0.1) is 0 Å². The van der Waals surface area contributed by atoms with E-state index in [0.29, 0.717) is 0 Å². The summed E-state index contributed by atoms with van der Waals surface area (Å²) in [5.74, 6) is 1.10. The van der Waals surface area contributed by atoms with Gasteiger partial charge in [0.15, 0.2) is 0 Å². The van der Waals surface area contributed by atoms with E-state index in [4.69, 9.17) is 0 Å². The van der Waals surface area contributed by atoms with Gasteiger partial charge in [0, 0.05) is 0 Å². The zero-order valence-corrected chi connectivity index (χ0v) is 7.27. The molecule has 1 heteroatoms. The second-order valence-corrected chi connectivity index (χ2v) is 3.74. The Kier molecular flexibility index (Phi) is 3.20. The van der Waals surface area contributed by atoms with E-state index in [2.05, 4.69) is 19.0 Å². The third kappa shape index (κ3) is 2.70. The van der Waals surface area contributed by atoms with Crippen molar-refractivity contribution in [3.05, 3.63) is 0 Å². The molecule has 0 saturated heterocycles. The molecule has 0 N–H and O–H groups in total. The molecule has 10 heavy (non-hydrogen) atoms. The highest BCUT2D eigenvalue weighted by molar-refractivity contribution is 4.69. The van der Waals surface area contributed by atoms with E-state index in [-0.39, 0.29) is 0 Å². The molecular formula is C9H19N. The number of rotatable bonds is 4. The Morgan fingerprint density at radius 1 is 1.30 bits per heavy atom. The van der Waals surface area contributed by atoms with Crippen LogP contribution >= 0.6 is 0 Å². The third-order valence-corrected chi connectivity index (χ3v) is 2.44. The first kappa shape index (κ1) is 8.06. The number of hydrogen-bond acceptors (Lipinski definition) is 1. The monoisotopic (exact) mass is 141 g/mol. The van der Waals surface area contributed by atoms with Crippen molar-refractivity contribution < 1.29 is 0 Å². The summed E-state index contributed by atoms with van der Waals surface area (Å²) in [4.78, 5) is 2.28. The maximum absolute atomic E-state index is 2.28. The molecule has 0 radical (unpaired) electrons. The lowest BCUT2D eigenvalue weighted by Crippen LogP contribution is -2.16. The highest BCUT2D eigenvalue weighted by Crippen LogP contribution is 2.30. The lowest BCUT2D eigenvalue weighted by Gasteiger charge is -2.25. The van der Waals surface area contributed by atoms with Gasteiger partial charge in [0.05, 0.1) is 0 Å². The van der Waals surface area contributed by atoms with E-state index in [0.717, 1.165) is 5.92 Å². The van der Waals surface area contributed by atoms with Crippen LogP contribution in [0.3, 0.4) is 0 Å². The predicted molar refractivity (Wildman–Crippen MR) is 45.1 cm³/mol. The molecule has 0 unspecified atom stereocenters. The first-order valence-electron chi connectivity index (χ1n) is 4.44. The van der Waals surface area contributed by atoms with E-state index < -0.39 is 0 Å². The van der Waals surface area contributed by atoms with Crippen LogP contribution in [-0.4, -0.2) is 25.5 Å².